The SMILES string of the molecule is CC(=O)OC[C@]12CC[C@]3(C(C)C)C1=C1[C@H](C[C@@H]4[C@@]5(C)CC[C@H](OC(C)=O)C(C)(C)[C@@H]5CC[C@@]4(C)[C@]1(C)CC2)n1c(=O)n(-c2ccc(F)cc2)c(=O)n13. The molecule has 0 radical (unpaired) electrons. The molecule has 10 heteroatoms. The number of aromatic nitrogens is 3. The van der Waals surface area contributed by atoms with Crippen molar-refractivity contribution in [2.24, 2.45) is 44.8 Å². The van der Waals surface area contributed by atoms with E-state index in [1.807, 2.05) is 4.68 Å². The van der Waals surface area contributed by atoms with Crippen molar-refractivity contribution in [1.29, 1.82) is 0 Å². The topological polar surface area (TPSA) is 102 Å². The number of hydrogen-bond donors (Lipinski definition) is 0. The summed E-state index contributed by atoms with van der Waals surface area (Å²) in [6.45, 7) is 19.5. The molecule has 1 aromatic heterocycles. The largest absolute Gasteiger partial charge is 0.465 e. The molecule has 0 spiro atoms. The Morgan fingerprint density at radius 2 is 1.54 bits per heavy atom. The number of rotatable bonds is 5. The van der Waals surface area contributed by atoms with Crippen LogP contribution in [0, 0.1) is 50.6 Å². The molecule has 4 saturated carbocycles. The van der Waals surface area contributed by atoms with Crippen molar-refractivity contribution in [2.75, 3.05) is 6.61 Å². The summed E-state index contributed by atoms with van der Waals surface area (Å²) >= 11 is 0. The minimum Gasteiger partial charge on any atom is -0.465 e. The smallest absolute Gasteiger partial charge is 0.352 e. The molecule has 1 aromatic carbocycles. The lowest BCUT2D eigenvalue weighted by atomic mass is 9.33. The van der Waals surface area contributed by atoms with Gasteiger partial charge in [0.2, 0.25) is 0 Å². The van der Waals surface area contributed by atoms with Gasteiger partial charge in [-0.2, -0.15) is 0 Å². The van der Waals surface area contributed by atoms with E-state index in [4.69, 9.17) is 9.47 Å². The number of benzene rings is 1. The fraction of sp³-hybridized carbons (Fsp3) is 0.714. The van der Waals surface area contributed by atoms with Crippen molar-refractivity contribution in [1.82, 2.24) is 13.9 Å². The average Bonchev–Trinajstić information content (AvgIpc) is 3.55. The number of allylic oxidation sites excluding steroid dienone is 1. The lowest BCUT2D eigenvalue weighted by Gasteiger charge is -2.72. The van der Waals surface area contributed by atoms with Crippen LogP contribution in [0.15, 0.2) is 45.0 Å². The molecule has 2 heterocycles. The van der Waals surface area contributed by atoms with Gasteiger partial charge in [-0.3, -0.25) is 9.59 Å². The summed E-state index contributed by atoms with van der Waals surface area (Å²) in [7, 11) is 0. The Morgan fingerprint density at radius 1 is 0.865 bits per heavy atom. The molecule has 0 unspecified atom stereocenters. The maximum atomic E-state index is 15.1. The summed E-state index contributed by atoms with van der Waals surface area (Å²) in [5.74, 6) is -0.508. The van der Waals surface area contributed by atoms with Crippen LogP contribution in [0.5, 0.6) is 0 Å². The summed E-state index contributed by atoms with van der Waals surface area (Å²) < 4.78 is 31.0. The number of carbonyl (C=O) groups excluding carboxylic acids is 2. The van der Waals surface area contributed by atoms with Gasteiger partial charge in [0.25, 0.3) is 0 Å². The second-order valence-electron chi connectivity index (χ2n) is 19.1. The number of hydrogen-bond acceptors (Lipinski definition) is 6. The van der Waals surface area contributed by atoms with Gasteiger partial charge in [-0.25, -0.2) is 27.9 Å². The van der Waals surface area contributed by atoms with Crippen molar-refractivity contribution in [2.45, 2.75) is 138 Å². The molecular formula is C42H56FN3O6. The fourth-order valence-corrected chi connectivity index (χ4v) is 14.0. The van der Waals surface area contributed by atoms with E-state index in [0.717, 1.165) is 44.9 Å². The van der Waals surface area contributed by atoms with Crippen molar-refractivity contribution in [3.05, 3.63) is 62.2 Å². The zero-order valence-corrected chi connectivity index (χ0v) is 32.4. The predicted octanol–water partition coefficient (Wildman–Crippen LogP) is 7.48. The van der Waals surface area contributed by atoms with Gasteiger partial charge >= 0.3 is 23.3 Å². The molecule has 0 bridgehead atoms. The van der Waals surface area contributed by atoms with Crippen LogP contribution in [-0.2, 0) is 24.6 Å². The van der Waals surface area contributed by atoms with Gasteiger partial charge in [-0.1, -0.05) is 48.5 Å². The highest BCUT2D eigenvalue weighted by atomic mass is 19.1. The van der Waals surface area contributed by atoms with E-state index in [1.54, 1.807) is 4.68 Å². The van der Waals surface area contributed by atoms with E-state index in [0.29, 0.717) is 24.4 Å². The first kappa shape index (κ1) is 35.6. The van der Waals surface area contributed by atoms with Gasteiger partial charge in [-0.15, -0.1) is 0 Å². The molecule has 1 aliphatic heterocycles. The van der Waals surface area contributed by atoms with E-state index >= 15 is 9.59 Å². The highest BCUT2D eigenvalue weighted by molar-refractivity contribution is 5.66. The van der Waals surface area contributed by atoms with Crippen LogP contribution in [0.1, 0.15) is 126 Å². The molecule has 0 saturated heterocycles. The van der Waals surface area contributed by atoms with Crippen LogP contribution in [0.4, 0.5) is 4.39 Å². The molecule has 4 fully saturated rings. The highest BCUT2D eigenvalue weighted by Crippen LogP contribution is 2.79. The zero-order valence-electron chi connectivity index (χ0n) is 32.4. The van der Waals surface area contributed by atoms with Gasteiger partial charge < -0.3 is 9.47 Å². The molecule has 5 aliphatic carbocycles. The molecule has 6 aliphatic rings. The Balaban J connectivity index is 1.40. The maximum absolute atomic E-state index is 15.1. The van der Waals surface area contributed by atoms with Crippen LogP contribution in [0.25, 0.3) is 5.69 Å². The molecule has 52 heavy (non-hydrogen) atoms. The normalized spacial score (nSPS) is 39.7. The number of carbonyl (C=O) groups is 2. The van der Waals surface area contributed by atoms with Crippen LogP contribution >= 0.6 is 0 Å². The second kappa shape index (κ2) is 11.1. The van der Waals surface area contributed by atoms with Crippen molar-refractivity contribution in [3.63, 3.8) is 0 Å². The van der Waals surface area contributed by atoms with E-state index in [2.05, 4.69) is 48.5 Å². The molecular weight excluding hydrogens is 661 g/mol. The van der Waals surface area contributed by atoms with E-state index in [1.165, 1.54) is 53.8 Å². The summed E-state index contributed by atoms with van der Waals surface area (Å²) in [5.41, 5.74) is 0.134. The van der Waals surface area contributed by atoms with E-state index < -0.39 is 28.2 Å². The highest BCUT2D eigenvalue weighted by Gasteiger charge is 2.73. The van der Waals surface area contributed by atoms with Gasteiger partial charge in [0.1, 0.15) is 18.5 Å². The Morgan fingerprint density at radius 3 is 2.17 bits per heavy atom. The Hall–Kier alpha value is -3.43. The van der Waals surface area contributed by atoms with E-state index in [9.17, 15) is 14.0 Å². The number of halogens is 1. The monoisotopic (exact) mass is 717 g/mol. The number of esters is 2. The van der Waals surface area contributed by atoms with Gasteiger partial charge in [0.15, 0.2) is 0 Å². The molecule has 9 nitrogen and oxygen atoms in total. The van der Waals surface area contributed by atoms with Crippen LogP contribution in [0.2, 0.25) is 0 Å². The minimum atomic E-state index is -0.788. The molecule has 9 atom stereocenters. The molecule has 0 amide bonds. The standard InChI is InChI=1S/C42H56FN3O6/c1-24(2)42-21-20-41(23-51-25(3)47)19-18-40(9)33(34(41)42)29(45-35(49)44(36(50)46(42)45)28-12-10-27(43)11-13-28)22-31-38(7)16-15-32(52-26(4)48)37(5,6)30(38)14-17-39(31,40)8/h10-13,24,29-32H,14-23H2,1-9H3/t29-,30-,31+,32-,38-,39+,40+,41-,42-/m0/s1. The Labute approximate surface area is 305 Å². The van der Waals surface area contributed by atoms with Gasteiger partial charge in [0, 0.05) is 24.7 Å². The molecule has 2 aromatic rings. The summed E-state index contributed by atoms with van der Waals surface area (Å²) in [5, 5.41) is 0. The summed E-state index contributed by atoms with van der Waals surface area (Å²) in [6.07, 6.45) is 7.46. The van der Waals surface area contributed by atoms with Gasteiger partial charge in [0.05, 0.1) is 17.3 Å². The molecule has 0 N–H and O–H groups in total. The molecule has 282 valence electrons. The first-order valence-electron chi connectivity index (χ1n) is 19.6. The summed E-state index contributed by atoms with van der Waals surface area (Å²) in [4.78, 5) is 54.7. The third-order valence-corrected chi connectivity index (χ3v) is 16.5. The first-order chi connectivity index (χ1) is 24.3. The number of fused-ring (bicyclic) bond motifs is 7. The van der Waals surface area contributed by atoms with Crippen LogP contribution in [0.3, 0.4) is 0 Å². The fourth-order valence-electron chi connectivity index (χ4n) is 14.0. The number of nitrogens with zero attached hydrogens (tertiary/aromatic N) is 3. The molecule has 8 rings (SSSR count). The third kappa shape index (κ3) is 4.21. The van der Waals surface area contributed by atoms with Gasteiger partial charge in [-0.05, 0) is 127 Å². The van der Waals surface area contributed by atoms with Crippen LogP contribution < -0.4 is 11.4 Å². The lowest BCUT2D eigenvalue weighted by molar-refractivity contribution is -0.218. The van der Waals surface area contributed by atoms with Crippen molar-refractivity contribution < 1.29 is 23.5 Å². The Kier molecular flexibility index (Phi) is 7.57. The summed E-state index contributed by atoms with van der Waals surface area (Å²) in [6, 6.07) is 5.25. The quantitative estimate of drug-likeness (QED) is 0.235. The third-order valence-electron chi connectivity index (χ3n) is 16.5. The van der Waals surface area contributed by atoms with Crippen LogP contribution in [-0.4, -0.2) is 38.6 Å². The zero-order chi connectivity index (χ0) is 37.6. The average molecular weight is 718 g/mol. The maximum Gasteiger partial charge on any atom is 0.352 e. The lowest BCUT2D eigenvalue weighted by Crippen LogP contribution is -2.67. The predicted molar refractivity (Wildman–Crippen MR) is 194 cm³/mol. The second-order valence-corrected chi connectivity index (χ2v) is 19.1. The van der Waals surface area contributed by atoms with E-state index in [-0.39, 0.29) is 64.2 Å². The Bertz CT molecular complexity index is 2020. The first-order valence-corrected chi connectivity index (χ1v) is 19.6. The number of ether oxygens (including phenoxy) is 2. The minimum absolute atomic E-state index is 0.0407. The van der Waals surface area contributed by atoms with Crippen molar-refractivity contribution >= 4 is 11.9 Å². The van der Waals surface area contributed by atoms with Crippen molar-refractivity contribution in [3.8, 4) is 5.69 Å².